The van der Waals surface area contributed by atoms with E-state index in [1.54, 1.807) is 6.07 Å². The third-order valence-corrected chi connectivity index (χ3v) is 3.00. The molecule has 0 aromatic heterocycles. The van der Waals surface area contributed by atoms with Gasteiger partial charge in [-0.05, 0) is 5.56 Å². The first-order valence-electron chi connectivity index (χ1n) is 6.75. The smallest absolute Gasteiger partial charge is 0.270 e. The maximum absolute atomic E-state index is 11.7. The van der Waals surface area contributed by atoms with Crippen LogP contribution in [0.4, 0.5) is 11.4 Å². The fraction of sp³-hybridized carbons (Fsp3) is 0.0667. The van der Waals surface area contributed by atoms with Gasteiger partial charge in [0.25, 0.3) is 11.4 Å². The lowest BCUT2D eigenvalue weighted by atomic mass is 10.1. The molecule has 0 heterocycles. The molecule has 0 aliphatic carbocycles. The predicted octanol–water partition coefficient (Wildman–Crippen LogP) is 2.20. The first kappa shape index (κ1) is 16.7. The summed E-state index contributed by atoms with van der Waals surface area (Å²) < 4.78 is 0. The molecule has 0 spiro atoms. The zero-order chi connectivity index (χ0) is 17.5. The monoisotopic (exact) mass is 328 g/mol. The molecule has 2 aromatic rings. The quantitative estimate of drug-likeness (QED) is 0.494. The third-order valence-electron chi connectivity index (χ3n) is 3.00. The summed E-state index contributed by atoms with van der Waals surface area (Å²) in [5.41, 5.74) is 3.24. The highest BCUT2D eigenvalue weighted by molar-refractivity contribution is 5.83. The van der Waals surface area contributed by atoms with Crippen molar-refractivity contribution in [3.05, 3.63) is 79.9 Å². The van der Waals surface area contributed by atoms with E-state index in [0.717, 1.165) is 0 Å². The Kier molecular flexibility index (Phi) is 5.29. The Balaban J connectivity index is 1.92. The summed E-state index contributed by atoms with van der Waals surface area (Å²) in [7, 11) is 0. The van der Waals surface area contributed by atoms with Crippen molar-refractivity contribution in [2.24, 2.45) is 5.10 Å². The van der Waals surface area contributed by atoms with E-state index in [-0.39, 0.29) is 17.8 Å². The standard InChI is InChI=1S/C15H12N4O5/c20-15(9-11-4-6-13(7-5-11)18(21)22)17-16-10-12-2-1-3-14(8-12)19(23)24/h1-8,10H,9H2,(H,17,20)/b16-10-. The molecule has 0 bridgehead atoms. The van der Waals surface area contributed by atoms with Crippen LogP contribution in [0.15, 0.2) is 53.6 Å². The van der Waals surface area contributed by atoms with Gasteiger partial charge in [0.1, 0.15) is 0 Å². The molecular weight excluding hydrogens is 316 g/mol. The Morgan fingerprint density at radius 2 is 1.71 bits per heavy atom. The molecule has 1 N–H and O–H groups in total. The van der Waals surface area contributed by atoms with Crippen LogP contribution in [0.5, 0.6) is 0 Å². The lowest BCUT2D eigenvalue weighted by Gasteiger charge is -2.00. The van der Waals surface area contributed by atoms with Crippen LogP contribution in [-0.2, 0) is 11.2 Å². The first-order chi connectivity index (χ1) is 11.5. The largest absolute Gasteiger partial charge is 0.273 e. The maximum atomic E-state index is 11.7. The number of non-ortho nitro benzene ring substituents is 2. The minimum atomic E-state index is -0.523. The number of hydrogen-bond acceptors (Lipinski definition) is 6. The molecule has 0 saturated heterocycles. The number of nitro benzene ring substituents is 2. The predicted molar refractivity (Wildman–Crippen MR) is 85.6 cm³/mol. The molecule has 0 unspecified atom stereocenters. The number of carbonyl (C=O) groups is 1. The van der Waals surface area contributed by atoms with Gasteiger partial charge in [-0.1, -0.05) is 24.3 Å². The fourth-order valence-electron chi connectivity index (χ4n) is 1.86. The van der Waals surface area contributed by atoms with Gasteiger partial charge in [0.05, 0.1) is 22.5 Å². The number of rotatable bonds is 6. The number of carbonyl (C=O) groups excluding carboxylic acids is 1. The van der Waals surface area contributed by atoms with Crippen LogP contribution in [0, 0.1) is 20.2 Å². The van der Waals surface area contributed by atoms with Gasteiger partial charge in [-0.15, -0.1) is 0 Å². The summed E-state index contributed by atoms with van der Waals surface area (Å²) in [6.45, 7) is 0. The van der Waals surface area contributed by atoms with Crippen LogP contribution in [0.25, 0.3) is 0 Å². The molecule has 24 heavy (non-hydrogen) atoms. The number of nitrogens with zero attached hydrogens (tertiary/aromatic N) is 3. The Hall–Kier alpha value is -3.62. The topological polar surface area (TPSA) is 128 Å². The molecule has 0 aliphatic heterocycles. The average molecular weight is 328 g/mol. The van der Waals surface area contributed by atoms with Crippen molar-refractivity contribution in [2.75, 3.05) is 0 Å². The highest BCUT2D eigenvalue weighted by Crippen LogP contribution is 2.12. The van der Waals surface area contributed by atoms with E-state index in [4.69, 9.17) is 0 Å². The van der Waals surface area contributed by atoms with Crippen molar-refractivity contribution in [2.45, 2.75) is 6.42 Å². The molecular formula is C15H12N4O5. The maximum Gasteiger partial charge on any atom is 0.270 e. The molecule has 2 rings (SSSR count). The first-order valence-corrected chi connectivity index (χ1v) is 6.75. The number of nitrogens with one attached hydrogen (secondary N) is 1. The van der Waals surface area contributed by atoms with Crippen LogP contribution in [0.1, 0.15) is 11.1 Å². The summed E-state index contributed by atoms with van der Waals surface area (Å²) >= 11 is 0. The lowest BCUT2D eigenvalue weighted by Crippen LogP contribution is -2.19. The van der Waals surface area contributed by atoms with Crippen molar-refractivity contribution in [1.29, 1.82) is 0 Å². The van der Waals surface area contributed by atoms with Crippen LogP contribution in [-0.4, -0.2) is 22.0 Å². The Morgan fingerprint density at radius 1 is 1.04 bits per heavy atom. The Labute approximate surface area is 135 Å². The average Bonchev–Trinajstić information content (AvgIpc) is 2.55. The molecule has 9 heteroatoms. The SMILES string of the molecule is O=C(Cc1ccc([N+](=O)[O-])cc1)N/N=C\c1cccc([N+](=O)[O-])c1. The van der Waals surface area contributed by atoms with Gasteiger partial charge in [0, 0.05) is 29.8 Å². The Bertz CT molecular complexity index is 802. The molecule has 1 amide bonds. The second-order valence-corrected chi connectivity index (χ2v) is 4.75. The molecule has 0 atom stereocenters. The highest BCUT2D eigenvalue weighted by atomic mass is 16.6. The highest BCUT2D eigenvalue weighted by Gasteiger charge is 2.07. The molecule has 122 valence electrons. The summed E-state index contributed by atoms with van der Waals surface area (Å²) in [6.07, 6.45) is 1.30. The molecule has 0 aliphatic rings. The van der Waals surface area contributed by atoms with Crippen LogP contribution >= 0.6 is 0 Å². The minimum Gasteiger partial charge on any atom is -0.273 e. The van der Waals surface area contributed by atoms with Gasteiger partial charge in [-0.2, -0.15) is 5.10 Å². The van der Waals surface area contributed by atoms with E-state index in [2.05, 4.69) is 10.5 Å². The van der Waals surface area contributed by atoms with Crippen molar-refractivity contribution in [3.63, 3.8) is 0 Å². The third kappa shape index (κ3) is 4.70. The second kappa shape index (κ2) is 7.58. The van der Waals surface area contributed by atoms with Crippen molar-refractivity contribution >= 4 is 23.5 Å². The van der Waals surface area contributed by atoms with E-state index < -0.39 is 15.8 Å². The van der Waals surface area contributed by atoms with Gasteiger partial charge in [0.15, 0.2) is 0 Å². The second-order valence-electron chi connectivity index (χ2n) is 4.75. The van der Waals surface area contributed by atoms with Crippen molar-refractivity contribution in [1.82, 2.24) is 5.43 Å². The van der Waals surface area contributed by atoms with Crippen molar-refractivity contribution < 1.29 is 14.6 Å². The summed E-state index contributed by atoms with van der Waals surface area (Å²) in [5, 5.41) is 24.9. The summed E-state index contributed by atoms with van der Waals surface area (Å²) in [6, 6.07) is 11.4. The van der Waals surface area contributed by atoms with Crippen molar-refractivity contribution in [3.8, 4) is 0 Å². The Morgan fingerprint density at radius 3 is 2.33 bits per heavy atom. The molecule has 0 fully saturated rings. The van der Waals surface area contributed by atoms with E-state index >= 15 is 0 Å². The number of amides is 1. The van der Waals surface area contributed by atoms with Crippen LogP contribution in [0.3, 0.4) is 0 Å². The number of nitro groups is 2. The molecule has 0 radical (unpaired) electrons. The van der Waals surface area contributed by atoms with Gasteiger partial charge < -0.3 is 0 Å². The number of hydrazone groups is 1. The number of hydrogen-bond donors (Lipinski definition) is 1. The van der Waals surface area contributed by atoms with E-state index in [0.29, 0.717) is 11.1 Å². The molecule has 0 saturated carbocycles. The van der Waals surface area contributed by atoms with Crippen LogP contribution in [0.2, 0.25) is 0 Å². The van der Waals surface area contributed by atoms with Gasteiger partial charge in [-0.25, -0.2) is 5.43 Å². The lowest BCUT2D eigenvalue weighted by molar-refractivity contribution is -0.385. The van der Waals surface area contributed by atoms with E-state index in [1.807, 2.05) is 0 Å². The molecule has 9 nitrogen and oxygen atoms in total. The van der Waals surface area contributed by atoms with E-state index in [1.165, 1.54) is 48.7 Å². The minimum absolute atomic E-state index is 0.00424. The van der Waals surface area contributed by atoms with E-state index in [9.17, 15) is 25.0 Å². The van der Waals surface area contributed by atoms with Gasteiger partial charge in [0.2, 0.25) is 5.91 Å². The fourth-order valence-corrected chi connectivity index (χ4v) is 1.86. The van der Waals surface area contributed by atoms with Crippen LogP contribution < -0.4 is 5.43 Å². The summed E-state index contributed by atoms with van der Waals surface area (Å²) in [4.78, 5) is 31.9. The normalized spacial score (nSPS) is 10.5. The summed E-state index contributed by atoms with van der Waals surface area (Å²) in [5.74, 6) is -0.412. The zero-order valence-electron chi connectivity index (χ0n) is 12.3. The number of benzene rings is 2. The van der Waals surface area contributed by atoms with Gasteiger partial charge in [-0.3, -0.25) is 25.0 Å². The van der Waals surface area contributed by atoms with Gasteiger partial charge >= 0.3 is 0 Å². The zero-order valence-corrected chi connectivity index (χ0v) is 12.3. The molecule has 2 aromatic carbocycles.